The monoisotopic (exact) mass is 217 g/mol. The van der Waals surface area contributed by atoms with Crippen LogP contribution in [0.15, 0.2) is 15.8 Å². The van der Waals surface area contributed by atoms with E-state index < -0.39 is 5.69 Å². The molecule has 2 N–H and O–H groups in total. The standard InChI is InChI=1S/C11H11N3O2/c15-10-8-7-4-2-1-3-6(7)5-12-9(8)13-11(16)14-10/h5H,1-4H2,(H2,12,13,14,15,16). The lowest BCUT2D eigenvalue weighted by atomic mass is 9.91. The predicted molar refractivity (Wildman–Crippen MR) is 59.6 cm³/mol. The zero-order valence-electron chi connectivity index (χ0n) is 8.67. The van der Waals surface area contributed by atoms with Crippen molar-refractivity contribution < 1.29 is 0 Å². The van der Waals surface area contributed by atoms with Gasteiger partial charge in [0, 0.05) is 6.20 Å². The molecule has 0 unspecified atom stereocenters. The van der Waals surface area contributed by atoms with E-state index in [0.717, 1.165) is 36.8 Å². The fourth-order valence-corrected chi connectivity index (χ4v) is 2.35. The highest BCUT2D eigenvalue weighted by Gasteiger charge is 2.15. The number of nitrogens with one attached hydrogen (secondary N) is 2. The van der Waals surface area contributed by atoms with Crippen molar-refractivity contribution in [1.29, 1.82) is 0 Å². The van der Waals surface area contributed by atoms with Gasteiger partial charge in [0.15, 0.2) is 0 Å². The van der Waals surface area contributed by atoms with Crippen molar-refractivity contribution >= 4 is 11.0 Å². The number of hydrogen-bond donors (Lipinski definition) is 2. The topological polar surface area (TPSA) is 78.6 Å². The van der Waals surface area contributed by atoms with Gasteiger partial charge in [0.05, 0.1) is 5.39 Å². The summed E-state index contributed by atoms with van der Waals surface area (Å²) in [5, 5.41) is 0.553. The van der Waals surface area contributed by atoms with E-state index in [1.165, 1.54) is 0 Å². The lowest BCUT2D eigenvalue weighted by Crippen LogP contribution is -2.24. The minimum atomic E-state index is -0.499. The average molecular weight is 217 g/mol. The van der Waals surface area contributed by atoms with E-state index in [-0.39, 0.29) is 5.56 Å². The molecule has 0 aliphatic heterocycles. The maximum absolute atomic E-state index is 11.8. The molecule has 0 radical (unpaired) electrons. The van der Waals surface area contributed by atoms with E-state index in [9.17, 15) is 9.59 Å². The summed E-state index contributed by atoms with van der Waals surface area (Å²) in [6.45, 7) is 0. The molecule has 0 bridgehead atoms. The van der Waals surface area contributed by atoms with Crippen LogP contribution >= 0.6 is 0 Å². The molecular formula is C11H11N3O2. The van der Waals surface area contributed by atoms with Gasteiger partial charge >= 0.3 is 5.69 Å². The SMILES string of the molecule is O=c1[nH]c(=O)c2c3c(cnc2[nH]1)CCCC3. The number of H-pyrrole nitrogens is 2. The highest BCUT2D eigenvalue weighted by Crippen LogP contribution is 2.23. The molecule has 0 saturated heterocycles. The number of pyridine rings is 1. The van der Waals surface area contributed by atoms with Crippen LogP contribution in [-0.2, 0) is 12.8 Å². The molecule has 2 aromatic heterocycles. The lowest BCUT2D eigenvalue weighted by molar-refractivity contribution is 0.686. The Labute approximate surface area is 90.5 Å². The van der Waals surface area contributed by atoms with Crippen molar-refractivity contribution in [3.8, 4) is 0 Å². The fraction of sp³-hybridized carbons (Fsp3) is 0.364. The Bertz CT molecular complexity index is 669. The first-order chi connectivity index (χ1) is 7.75. The van der Waals surface area contributed by atoms with Gasteiger partial charge in [0.25, 0.3) is 5.56 Å². The quantitative estimate of drug-likeness (QED) is 0.674. The largest absolute Gasteiger partial charge is 0.327 e. The summed E-state index contributed by atoms with van der Waals surface area (Å²) in [6.07, 6.45) is 5.86. The summed E-state index contributed by atoms with van der Waals surface area (Å²) in [5.41, 5.74) is 1.75. The third-order valence-corrected chi connectivity index (χ3v) is 3.08. The number of aromatic amines is 2. The Morgan fingerprint density at radius 1 is 1.12 bits per heavy atom. The van der Waals surface area contributed by atoms with Crippen LogP contribution in [0.4, 0.5) is 0 Å². The van der Waals surface area contributed by atoms with Gasteiger partial charge in [0.2, 0.25) is 0 Å². The molecule has 1 aliphatic carbocycles. The maximum Gasteiger partial charge on any atom is 0.327 e. The van der Waals surface area contributed by atoms with Crippen LogP contribution in [0.5, 0.6) is 0 Å². The van der Waals surface area contributed by atoms with Gasteiger partial charge in [-0.3, -0.25) is 14.8 Å². The predicted octanol–water partition coefficient (Wildman–Crippen LogP) is 0.490. The third kappa shape index (κ3) is 1.28. The minimum Gasteiger partial charge on any atom is -0.291 e. The number of nitrogens with zero attached hydrogens (tertiary/aromatic N) is 1. The zero-order chi connectivity index (χ0) is 11.1. The smallest absolute Gasteiger partial charge is 0.291 e. The van der Waals surface area contributed by atoms with Crippen LogP contribution in [-0.4, -0.2) is 15.0 Å². The zero-order valence-corrected chi connectivity index (χ0v) is 8.67. The number of rotatable bonds is 0. The van der Waals surface area contributed by atoms with Crippen LogP contribution in [0, 0.1) is 0 Å². The van der Waals surface area contributed by atoms with Crippen molar-refractivity contribution in [2.75, 3.05) is 0 Å². The Morgan fingerprint density at radius 2 is 1.94 bits per heavy atom. The average Bonchev–Trinajstić information content (AvgIpc) is 2.28. The molecule has 0 fully saturated rings. The van der Waals surface area contributed by atoms with Gasteiger partial charge < -0.3 is 0 Å². The molecule has 82 valence electrons. The van der Waals surface area contributed by atoms with E-state index in [1.807, 2.05) is 0 Å². The summed E-state index contributed by atoms with van der Waals surface area (Å²) < 4.78 is 0. The summed E-state index contributed by atoms with van der Waals surface area (Å²) in [4.78, 5) is 31.8. The van der Waals surface area contributed by atoms with Crippen molar-refractivity contribution in [2.24, 2.45) is 0 Å². The summed E-state index contributed by atoms with van der Waals surface area (Å²) >= 11 is 0. The highest BCUT2D eigenvalue weighted by atomic mass is 16.2. The molecule has 3 rings (SSSR count). The molecule has 0 spiro atoms. The first-order valence-corrected chi connectivity index (χ1v) is 5.39. The van der Waals surface area contributed by atoms with Crippen molar-refractivity contribution in [2.45, 2.75) is 25.7 Å². The normalized spacial score (nSPS) is 15.0. The molecule has 0 saturated carbocycles. The van der Waals surface area contributed by atoms with Crippen LogP contribution in [0.1, 0.15) is 24.0 Å². The Hall–Kier alpha value is -1.91. The molecule has 5 heteroatoms. The highest BCUT2D eigenvalue weighted by molar-refractivity contribution is 5.78. The second-order valence-electron chi connectivity index (χ2n) is 4.10. The first-order valence-electron chi connectivity index (χ1n) is 5.39. The van der Waals surface area contributed by atoms with Gasteiger partial charge in [-0.15, -0.1) is 0 Å². The van der Waals surface area contributed by atoms with Crippen LogP contribution in [0.3, 0.4) is 0 Å². The molecule has 1 aliphatic rings. The van der Waals surface area contributed by atoms with Crippen LogP contribution in [0.2, 0.25) is 0 Å². The van der Waals surface area contributed by atoms with E-state index in [0.29, 0.717) is 11.0 Å². The maximum atomic E-state index is 11.8. The van der Waals surface area contributed by atoms with E-state index in [1.54, 1.807) is 6.20 Å². The van der Waals surface area contributed by atoms with Gasteiger partial charge in [-0.25, -0.2) is 9.78 Å². The van der Waals surface area contributed by atoms with E-state index in [4.69, 9.17) is 0 Å². The van der Waals surface area contributed by atoms with Crippen molar-refractivity contribution in [1.82, 2.24) is 15.0 Å². The van der Waals surface area contributed by atoms with E-state index >= 15 is 0 Å². The molecule has 16 heavy (non-hydrogen) atoms. The number of fused-ring (bicyclic) bond motifs is 3. The molecule has 0 aromatic carbocycles. The fourth-order valence-electron chi connectivity index (χ4n) is 2.35. The summed E-state index contributed by atoms with van der Waals surface area (Å²) in [5.74, 6) is 0. The molecule has 2 heterocycles. The van der Waals surface area contributed by atoms with Gasteiger partial charge in [-0.1, -0.05) is 0 Å². The van der Waals surface area contributed by atoms with Crippen molar-refractivity contribution in [3.05, 3.63) is 38.2 Å². The van der Waals surface area contributed by atoms with Crippen LogP contribution in [0.25, 0.3) is 11.0 Å². The lowest BCUT2D eigenvalue weighted by Gasteiger charge is -2.15. The number of aryl methyl sites for hydroxylation is 2. The molecular weight excluding hydrogens is 206 g/mol. The third-order valence-electron chi connectivity index (χ3n) is 3.08. The van der Waals surface area contributed by atoms with Crippen LogP contribution < -0.4 is 11.2 Å². The summed E-state index contributed by atoms with van der Waals surface area (Å²) in [6, 6.07) is 0. The molecule has 2 aromatic rings. The van der Waals surface area contributed by atoms with Gasteiger partial charge in [-0.05, 0) is 36.8 Å². The second kappa shape index (κ2) is 3.30. The van der Waals surface area contributed by atoms with E-state index in [2.05, 4.69) is 15.0 Å². The second-order valence-corrected chi connectivity index (χ2v) is 4.10. The summed E-state index contributed by atoms with van der Waals surface area (Å²) in [7, 11) is 0. The molecule has 0 amide bonds. The molecule has 5 nitrogen and oxygen atoms in total. The molecule has 0 atom stereocenters. The number of hydrogen-bond acceptors (Lipinski definition) is 3. The first kappa shape index (κ1) is 9.33. The Morgan fingerprint density at radius 3 is 2.81 bits per heavy atom. The van der Waals surface area contributed by atoms with Gasteiger partial charge in [-0.2, -0.15) is 0 Å². The van der Waals surface area contributed by atoms with Gasteiger partial charge in [0.1, 0.15) is 5.65 Å². The van der Waals surface area contributed by atoms with Crippen molar-refractivity contribution in [3.63, 3.8) is 0 Å². The number of aromatic nitrogens is 3. The Kier molecular flexibility index (Phi) is 1.92. The Balaban J connectivity index is 2.48. The minimum absolute atomic E-state index is 0.329.